The van der Waals surface area contributed by atoms with E-state index in [1.54, 1.807) is 0 Å². The van der Waals surface area contributed by atoms with E-state index in [0.29, 0.717) is 19.6 Å². The molecule has 0 saturated carbocycles. The number of rotatable bonds is 6. The van der Waals surface area contributed by atoms with Crippen molar-refractivity contribution >= 4 is 34.1 Å². The van der Waals surface area contributed by atoms with Gasteiger partial charge in [0.05, 0.1) is 12.0 Å². The Bertz CT molecular complexity index is 1540. The molecule has 0 bridgehead atoms. The van der Waals surface area contributed by atoms with Crippen molar-refractivity contribution in [3.8, 4) is 0 Å². The van der Waals surface area contributed by atoms with Gasteiger partial charge in [-0.3, -0.25) is 4.79 Å². The Labute approximate surface area is 229 Å². The molecule has 0 saturated heterocycles. The van der Waals surface area contributed by atoms with Crippen LogP contribution in [0.25, 0.3) is 16.5 Å². The fourth-order valence-electron chi connectivity index (χ4n) is 6.19. The molecular weight excluding hydrogens is 484 g/mol. The van der Waals surface area contributed by atoms with Crippen molar-refractivity contribution in [1.29, 1.82) is 0 Å². The van der Waals surface area contributed by atoms with E-state index in [1.165, 1.54) is 22.0 Å². The number of carbonyl (C=O) groups excluding carboxylic acids is 2. The lowest BCUT2D eigenvalue weighted by Gasteiger charge is -2.42. The average molecular weight is 519 g/mol. The van der Waals surface area contributed by atoms with Gasteiger partial charge in [-0.25, -0.2) is 4.79 Å². The molecule has 0 spiro atoms. The Hall–Kier alpha value is -4.32. The van der Waals surface area contributed by atoms with Crippen LogP contribution in [0.2, 0.25) is 0 Å². The molecule has 6 nitrogen and oxygen atoms in total. The van der Waals surface area contributed by atoms with Gasteiger partial charge in [0.25, 0.3) is 0 Å². The number of para-hydroxylation sites is 1. The highest BCUT2D eigenvalue weighted by Gasteiger charge is 2.40. The van der Waals surface area contributed by atoms with Crippen molar-refractivity contribution < 1.29 is 9.59 Å². The Morgan fingerprint density at radius 3 is 2.36 bits per heavy atom. The third-order valence-electron chi connectivity index (χ3n) is 8.09. The third kappa shape index (κ3) is 4.60. The van der Waals surface area contributed by atoms with Crippen molar-refractivity contribution in [2.24, 2.45) is 5.92 Å². The first-order valence-corrected chi connectivity index (χ1v) is 13.9. The van der Waals surface area contributed by atoms with E-state index >= 15 is 0 Å². The largest absolute Gasteiger partial charge is 0.343 e. The summed E-state index contributed by atoms with van der Waals surface area (Å²) in [5, 5.41) is 4.31. The van der Waals surface area contributed by atoms with Gasteiger partial charge in [-0.15, -0.1) is 0 Å². The normalized spacial score (nSPS) is 17.9. The Morgan fingerprint density at radius 2 is 1.64 bits per heavy atom. The van der Waals surface area contributed by atoms with Gasteiger partial charge in [0.2, 0.25) is 5.91 Å². The molecule has 6 heteroatoms. The molecule has 1 aliphatic carbocycles. The van der Waals surface area contributed by atoms with Gasteiger partial charge < -0.3 is 19.7 Å². The number of hydrogen-bond acceptors (Lipinski definition) is 2. The zero-order valence-electron chi connectivity index (χ0n) is 22.5. The number of benzene rings is 3. The van der Waals surface area contributed by atoms with Crippen molar-refractivity contribution in [2.75, 3.05) is 25.0 Å². The summed E-state index contributed by atoms with van der Waals surface area (Å²) in [6.45, 7) is 6.45. The summed E-state index contributed by atoms with van der Waals surface area (Å²) in [6.07, 6.45) is 5.11. The first kappa shape index (κ1) is 25.0. The van der Waals surface area contributed by atoms with Crippen molar-refractivity contribution in [3.63, 3.8) is 0 Å². The van der Waals surface area contributed by atoms with Gasteiger partial charge >= 0.3 is 6.03 Å². The molecule has 3 amide bonds. The van der Waals surface area contributed by atoms with Crippen LogP contribution in [-0.2, 0) is 17.8 Å². The highest BCUT2D eigenvalue weighted by molar-refractivity contribution is 6.02. The predicted octanol–water partition coefficient (Wildman–Crippen LogP) is 6.03. The lowest BCUT2D eigenvalue weighted by atomic mass is 9.79. The van der Waals surface area contributed by atoms with Crippen LogP contribution in [0.4, 0.5) is 10.5 Å². The number of nitrogens with zero attached hydrogens (tertiary/aromatic N) is 3. The van der Waals surface area contributed by atoms with E-state index in [2.05, 4.69) is 64.6 Å². The van der Waals surface area contributed by atoms with Crippen LogP contribution < -0.4 is 5.32 Å². The lowest BCUT2D eigenvalue weighted by Crippen LogP contribution is -2.52. The van der Waals surface area contributed by atoms with Crippen LogP contribution in [0.1, 0.15) is 30.5 Å². The Morgan fingerprint density at radius 1 is 0.923 bits per heavy atom. The van der Waals surface area contributed by atoms with E-state index in [9.17, 15) is 9.59 Å². The van der Waals surface area contributed by atoms with E-state index in [1.807, 2.05) is 60.0 Å². The van der Waals surface area contributed by atoms with Gasteiger partial charge in [-0.1, -0.05) is 66.7 Å². The molecule has 1 aromatic heterocycles. The minimum absolute atomic E-state index is 0.0723. The van der Waals surface area contributed by atoms with Gasteiger partial charge in [-0.2, -0.15) is 0 Å². The molecule has 0 unspecified atom stereocenters. The highest BCUT2D eigenvalue weighted by Crippen LogP contribution is 2.42. The summed E-state index contributed by atoms with van der Waals surface area (Å²) in [5.74, 6) is -0.316. The molecule has 4 aromatic rings. The molecule has 6 rings (SSSR count). The van der Waals surface area contributed by atoms with Gasteiger partial charge in [-0.05, 0) is 60.7 Å². The summed E-state index contributed by atoms with van der Waals surface area (Å²) in [4.78, 5) is 31.1. The second kappa shape index (κ2) is 10.4. The van der Waals surface area contributed by atoms with E-state index < -0.39 is 0 Å². The lowest BCUT2D eigenvalue weighted by molar-refractivity contribution is -0.134. The maximum absolute atomic E-state index is 13.8. The molecule has 39 heavy (non-hydrogen) atoms. The number of urea groups is 1. The smallest absolute Gasteiger partial charge is 0.322 e. The number of nitrogens with one attached hydrogen (secondary N) is 1. The number of hydrogen-bond donors (Lipinski definition) is 1. The topological polar surface area (TPSA) is 57.6 Å². The maximum atomic E-state index is 13.8. The molecule has 2 atom stereocenters. The molecule has 2 aliphatic rings. The second-order valence-corrected chi connectivity index (χ2v) is 10.4. The minimum atomic E-state index is -0.388. The third-order valence-corrected chi connectivity index (χ3v) is 8.09. The van der Waals surface area contributed by atoms with E-state index in [0.717, 1.165) is 29.8 Å². The van der Waals surface area contributed by atoms with E-state index in [4.69, 9.17) is 0 Å². The minimum Gasteiger partial charge on any atom is -0.343 e. The van der Waals surface area contributed by atoms with Crippen LogP contribution in [0.3, 0.4) is 0 Å². The van der Waals surface area contributed by atoms with E-state index in [-0.39, 0.29) is 23.9 Å². The number of anilines is 1. The van der Waals surface area contributed by atoms with Crippen LogP contribution in [0.5, 0.6) is 0 Å². The van der Waals surface area contributed by atoms with Gasteiger partial charge in [0.1, 0.15) is 0 Å². The fraction of sp³-hybridized carbons (Fsp3) is 0.273. The molecule has 3 aromatic carbocycles. The van der Waals surface area contributed by atoms with Gasteiger partial charge in [0.15, 0.2) is 0 Å². The zero-order valence-corrected chi connectivity index (χ0v) is 22.5. The first-order chi connectivity index (χ1) is 19.1. The number of carbonyl (C=O) groups is 2. The number of fused-ring (bicyclic) bond motifs is 2. The number of amides is 3. The zero-order chi connectivity index (χ0) is 26.9. The van der Waals surface area contributed by atoms with Crippen LogP contribution in [-0.4, -0.2) is 52.0 Å². The van der Waals surface area contributed by atoms with Crippen molar-refractivity contribution in [2.45, 2.75) is 32.9 Å². The molecule has 198 valence electrons. The summed E-state index contributed by atoms with van der Waals surface area (Å²) in [5.41, 5.74) is 6.62. The maximum Gasteiger partial charge on any atom is 0.322 e. The van der Waals surface area contributed by atoms with Crippen LogP contribution in [0, 0.1) is 5.92 Å². The van der Waals surface area contributed by atoms with Crippen LogP contribution in [0.15, 0.2) is 91.1 Å². The van der Waals surface area contributed by atoms with Crippen LogP contribution >= 0.6 is 0 Å². The molecular formula is C33H34N4O2. The summed E-state index contributed by atoms with van der Waals surface area (Å²) in [7, 11) is 0. The molecule has 0 radical (unpaired) electrons. The molecule has 1 aliphatic heterocycles. The molecule has 0 fully saturated rings. The predicted molar refractivity (Wildman–Crippen MR) is 157 cm³/mol. The summed E-state index contributed by atoms with van der Waals surface area (Å²) < 4.78 is 2.31. The average Bonchev–Trinajstić information content (AvgIpc) is 3.32. The SMILES string of the molecule is CCN(CC)C(=O)[C@@H]1C=C2c3cccc4c3c(cn4Cc3ccccc3)C[C@H]2N(C(=O)Nc2ccccc2)C1. The molecule has 1 N–H and O–H groups in total. The summed E-state index contributed by atoms with van der Waals surface area (Å²) >= 11 is 0. The quantitative estimate of drug-likeness (QED) is 0.339. The van der Waals surface area contributed by atoms with Crippen molar-refractivity contribution in [3.05, 3.63) is 108 Å². The molecule has 2 heterocycles. The first-order valence-electron chi connectivity index (χ1n) is 13.9. The highest BCUT2D eigenvalue weighted by atomic mass is 16.2. The van der Waals surface area contributed by atoms with Gasteiger partial charge in [0, 0.05) is 49.0 Å². The number of aromatic nitrogens is 1. The second-order valence-electron chi connectivity index (χ2n) is 10.4. The Balaban J connectivity index is 1.42. The Kier molecular flexibility index (Phi) is 6.69. The fourth-order valence-corrected chi connectivity index (χ4v) is 6.19. The summed E-state index contributed by atoms with van der Waals surface area (Å²) in [6, 6.07) is 26.1. The standard InChI is InChI=1S/C33H34N4O2/c1-3-35(4-2)32(38)25-18-28-27-16-11-17-29-31(27)24(21-36(29)20-23-12-7-5-8-13-23)19-30(28)37(22-25)33(39)34-26-14-9-6-10-15-26/h5-18,21,25,30H,3-4,19-20,22H2,1-2H3,(H,34,39)/t25-,30-/m1/s1. The van der Waals surface area contributed by atoms with Crippen molar-refractivity contribution in [1.82, 2.24) is 14.4 Å². The monoisotopic (exact) mass is 518 g/mol.